The number of nitrogens with one attached hydrogen (secondary N) is 1. The largest absolute Gasteiger partial charge is 0.296 e. The number of hydrogen-bond donors (Lipinski definition) is 1. The summed E-state index contributed by atoms with van der Waals surface area (Å²) in [7, 11) is -3.51. The van der Waals surface area contributed by atoms with Gasteiger partial charge in [0.05, 0.1) is 4.90 Å². The number of rotatable bonds is 6. The summed E-state index contributed by atoms with van der Waals surface area (Å²) < 4.78 is 27.9. The number of thioether (sulfide) groups is 1. The molecule has 1 aliphatic rings. The number of carbonyl (C=O) groups excluding carboxylic acids is 1. The summed E-state index contributed by atoms with van der Waals surface area (Å²) in [5.74, 6) is 0.549. The van der Waals surface area contributed by atoms with Crippen molar-refractivity contribution in [2.24, 2.45) is 0 Å². The van der Waals surface area contributed by atoms with Gasteiger partial charge in [-0.05, 0) is 42.9 Å². The highest BCUT2D eigenvalue weighted by Crippen LogP contribution is 2.25. The summed E-state index contributed by atoms with van der Waals surface area (Å²) in [4.78, 5) is 12.6. The molecule has 1 amide bonds. The second-order valence-corrected chi connectivity index (χ2v) is 10.5. The van der Waals surface area contributed by atoms with Gasteiger partial charge in [-0.2, -0.15) is 4.31 Å². The Balaban J connectivity index is 1.69. The first-order chi connectivity index (χ1) is 13.0. The van der Waals surface area contributed by atoms with Gasteiger partial charge in [0.25, 0.3) is 5.91 Å². The van der Waals surface area contributed by atoms with E-state index in [9.17, 15) is 13.2 Å². The lowest BCUT2D eigenvalue weighted by atomic mass is 10.2. The molecule has 10 heteroatoms. The number of sulfonamides is 1. The zero-order chi connectivity index (χ0) is 19.3. The number of aromatic nitrogens is 2. The van der Waals surface area contributed by atoms with Crippen LogP contribution >= 0.6 is 23.1 Å². The molecule has 1 N–H and O–H groups in total. The molecule has 2 heterocycles. The smallest absolute Gasteiger partial charge is 0.257 e. The lowest BCUT2D eigenvalue weighted by Gasteiger charge is -2.20. The number of hydrogen-bond acceptors (Lipinski definition) is 7. The molecular formula is C17H22N4O3S3. The second-order valence-electron chi connectivity index (χ2n) is 6.10. The van der Waals surface area contributed by atoms with Crippen molar-refractivity contribution in [2.75, 3.05) is 24.2 Å². The van der Waals surface area contributed by atoms with Gasteiger partial charge in [0, 0.05) is 18.7 Å². The van der Waals surface area contributed by atoms with Crippen molar-refractivity contribution in [3.05, 3.63) is 29.8 Å². The third-order valence-corrected chi connectivity index (χ3v) is 7.98. The van der Waals surface area contributed by atoms with Crippen molar-refractivity contribution < 1.29 is 13.2 Å². The standard InChI is InChI=1S/C17H22N4O3S3/c1-2-25-17-20-19-16(26-17)18-15(22)13-7-9-14(10-8-13)27(23,24)21-11-5-3-4-6-12-21/h7-10H,2-6,11-12H2,1H3,(H,18,19,22). The third kappa shape index (κ3) is 5.07. The summed E-state index contributed by atoms with van der Waals surface area (Å²) >= 11 is 2.88. The van der Waals surface area contributed by atoms with Crippen LogP contribution in [0.15, 0.2) is 33.5 Å². The Morgan fingerprint density at radius 1 is 1.15 bits per heavy atom. The normalized spacial score (nSPS) is 16.0. The van der Waals surface area contributed by atoms with Crippen molar-refractivity contribution in [3.63, 3.8) is 0 Å². The molecule has 146 valence electrons. The van der Waals surface area contributed by atoms with E-state index < -0.39 is 10.0 Å². The molecule has 7 nitrogen and oxygen atoms in total. The average Bonchev–Trinajstić information content (AvgIpc) is 2.92. The van der Waals surface area contributed by atoms with Crippen LogP contribution in [0, 0.1) is 0 Å². The molecule has 3 rings (SSSR count). The molecule has 0 radical (unpaired) electrons. The summed E-state index contributed by atoms with van der Waals surface area (Å²) in [6, 6.07) is 6.05. The van der Waals surface area contributed by atoms with E-state index in [4.69, 9.17) is 0 Å². The van der Waals surface area contributed by atoms with Gasteiger partial charge in [0.2, 0.25) is 15.2 Å². The van der Waals surface area contributed by atoms with Gasteiger partial charge in [-0.3, -0.25) is 10.1 Å². The van der Waals surface area contributed by atoms with Crippen LogP contribution in [0.1, 0.15) is 43.0 Å². The first-order valence-corrected chi connectivity index (χ1v) is 12.1. The average molecular weight is 427 g/mol. The lowest BCUT2D eigenvalue weighted by Crippen LogP contribution is -2.31. The molecule has 0 spiro atoms. The van der Waals surface area contributed by atoms with Gasteiger partial charge in [-0.15, -0.1) is 10.2 Å². The first kappa shape index (κ1) is 20.2. The summed E-state index contributed by atoms with van der Waals surface area (Å²) in [6.45, 7) is 3.13. The predicted octanol–water partition coefficient (Wildman–Crippen LogP) is 3.47. The van der Waals surface area contributed by atoms with Crippen molar-refractivity contribution in [3.8, 4) is 0 Å². The number of nitrogens with zero attached hydrogens (tertiary/aromatic N) is 3. The van der Waals surface area contributed by atoms with E-state index in [-0.39, 0.29) is 10.8 Å². The van der Waals surface area contributed by atoms with E-state index in [1.54, 1.807) is 16.1 Å². The fraction of sp³-hybridized carbons (Fsp3) is 0.471. The highest BCUT2D eigenvalue weighted by atomic mass is 32.2. The topological polar surface area (TPSA) is 92.3 Å². The molecule has 1 aliphatic heterocycles. The zero-order valence-electron chi connectivity index (χ0n) is 15.1. The van der Waals surface area contributed by atoms with Crippen LogP contribution in [0.3, 0.4) is 0 Å². The Morgan fingerprint density at radius 3 is 2.44 bits per heavy atom. The van der Waals surface area contributed by atoms with Crippen LogP contribution in [-0.2, 0) is 10.0 Å². The molecular weight excluding hydrogens is 404 g/mol. The molecule has 0 unspecified atom stereocenters. The fourth-order valence-electron chi connectivity index (χ4n) is 2.82. The summed E-state index contributed by atoms with van der Waals surface area (Å²) in [5.41, 5.74) is 0.379. The summed E-state index contributed by atoms with van der Waals surface area (Å²) in [5, 5.41) is 11.1. The van der Waals surface area contributed by atoms with Crippen LogP contribution < -0.4 is 5.32 Å². The predicted molar refractivity (Wildman–Crippen MR) is 108 cm³/mol. The Kier molecular flexibility index (Phi) is 6.85. The van der Waals surface area contributed by atoms with Gasteiger partial charge in [0.1, 0.15) is 0 Å². The molecule has 2 aromatic rings. The maximum atomic E-state index is 12.8. The Bertz CT molecular complexity index is 873. The SMILES string of the molecule is CCSc1nnc(NC(=O)c2ccc(S(=O)(=O)N3CCCCCC3)cc2)s1. The molecule has 1 aromatic heterocycles. The Hall–Kier alpha value is -1.49. The van der Waals surface area contributed by atoms with E-state index in [1.165, 1.54) is 35.6 Å². The Morgan fingerprint density at radius 2 is 1.81 bits per heavy atom. The van der Waals surface area contributed by atoms with E-state index in [2.05, 4.69) is 15.5 Å². The van der Waals surface area contributed by atoms with E-state index in [1.807, 2.05) is 6.92 Å². The monoisotopic (exact) mass is 426 g/mol. The molecule has 1 fully saturated rings. The molecule has 0 bridgehead atoms. The van der Waals surface area contributed by atoms with Crippen molar-refractivity contribution >= 4 is 44.2 Å². The molecule has 1 aromatic carbocycles. The molecule has 0 saturated carbocycles. The summed E-state index contributed by atoms with van der Waals surface area (Å²) in [6.07, 6.45) is 3.91. The van der Waals surface area contributed by atoms with Gasteiger partial charge >= 0.3 is 0 Å². The zero-order valence-corrected chi connectivity index (χ0v) is 17.5. The number of benzene rings is 1. The molecule has 0 aliphatic carbocycles. The third-order valence-electron chi connectivity index (χ3n) is 4.21. The van der Waals surface area contributed by atoms with Crippen molar-refractivity contribution in [2.45, 2.75) is 41.8 Å². The maximum Gasteiger partial charge on any atom is 0.257 e. The van der Waals surface area contributed by atoms with Crippen LogP contribution in [0.25, 0.3) is 0 Å². The van der Waals surface area contributed by atoms with E-state index >= 15 is 0 Å². The van der Waals surface area contributed by atoms with Crippen LogP contribution in [-0.4, -0.2) is 47.7 Å². The first-order valence-electron chi connectivity index (χ1n) is 8.88. The molecule has 0 atom stereocenters. The van der Waals surface area contributed by atoms with Crippen LogP contribution in [0.2, 0.25) is 0 Å². The van der Waals surface area contributed by atoms with Crippen LogP contribution in [0.5, 0.6) is 0 Å². The number of amides is 1. The van der Waals surface area contributed by atoms with Crippen molar-refractivity contribution in [1.29, 1.82) is 0 Å². The number of anilines is 1. The van der Waals surface area contributed by atoms with E-state index in [0.717, 1.165) is 35.8 Å². The van der Waals surface area contributed by atoms with Gasteiger partial charge < -0.3 is 0 Å². The van der Waals surface area contributed by atoms with Gasteiger partial charge in [0.15, 0.2) is 4.34 Å². The van der Waals surface area contributed by atoms with Crippen molar-refractivity contribution in [1.82, 2.24) is 14.5 Å². The highest BCUT2D eigenvalue weighted by molar-refractivity contribution is 8.01. The highest BCUT2D eigenvalue weighted by Gasteiger charge is 2.25. The van der Waals surface area contributed by atoms with Crippen LogP contribution in [0.4, 0.5) is 5.13 Å². The Labute approximate surface area is 167 Å². The minimum atomic E-state index is -3.51. The second kappa shape index (κ2) is 9.13. The minimum absolute atomic E-state index is 0.221. The number of carbonyl (C=O) groups is 1. The molecule has 27 heavy (non-hydrogen) atoms. The fourth-order valence-corrected chi connectivity index (χ4v) is 5.98. The van der Waals surface area contributed by atoms with Gasteiger partial charge in [-0.25, -0.2) is 8.42 Å². The van der Waals surface area contributed by atoms with E-state index in [0.29, 0.717) is 23.8 Å². The maximum absolute atomic E-state index is 12.8. The quantitative estimate of drug-likeness (QED) is 0.562. The minimum Gasteiger partial charge on any atom is -0.296 e. The lowest BCUT2D eigenvalue weighted by molar-refractivity contribution is 0.102. The van der Waals surface area contributed by atoms with Gasteiger partial charge in [-0.1, -0.05) is 42.9 Å². The molecule has 1 saturated heterocycles.